The van der Waals surface area contributed by atoms with Gasteiger partial charge in [-0.05, 0) is 90.7 Å². The van der Waals surface area contributed by atoms with Crippen molar-refractivity contribution < 1.29 is 33.8 Å². The first kappa shape index (κ1) is 38.6. The van der Waals surface area contributed by atoms with Gasteiger partial charge < -0.3 is 24.8 Å². The fourth-order valence-corrected chi connectivity index (χ4v) is 8.99. The standard InChI is InChI=1S/C43H42BrN5O7S/c1-26(25-55-32-8-10-33(11-9-32)56-40-35-13-7-31(50)21-37(35)57-41(40)28-3-5-30(44)6-4-28)48-18-16-47(17-19-48)24-39(52)45-22-27-2-12-34-29(20-27)23-49(43(34)54)36-14-15-38(51)46-42(36)53/h2-13,20-21,26,36,50H,14-19,22-25H2,1H3,(H,45,52)(H,46,51,53)/t26-,36?/m1/s1. The summed E-state index contributed by atoms with van der Waals surface area (Å²) in [6.07, 6.45) is 0.530. The van der Waals surface area contributed by atoms with Gasteiger partial charge in [0.1, 0.15) is 29.9 Å². The van der Waals surface area contributed by atoms with Crippen molar-refractivity contribution in [2.24, 2.45) is 0 Å². The number of ether oxygens (including phenoxy) is 2. The molecule has 0 spiro atoms. The molecule has 5 aromatic rings. The Kier molecular flexibility index (Phi) is 11.3. The van der Waals surface area contributed by atoms with E-state index in [1.54, 1.807) is 29.5 Å². The minimum atomic E-state index is -0.656. The van der Waals surface area contributed by atoms with Crippen LogP contribution in [0.1, 0.15) is 41.3 Å². The Morgan fingerprint density at radius 2 is 1.72 bits per heavy atom. The number of hydrogen-bond acceptors (Lipinski definition) is 10. The summed E-state index contributed by atoms with van der Waals surface area (Å²) in [5.41, 5.74) is 3.27. The zero-order valence-electron chi connectivity index (χ0n) is 31.3. The molecule has 0 aliphatic carbocycles. The number of phenolic OH excluding ortho intramolecular Hbond substituents is 1. The van der Waals surface area contributed by atoms with E-state index < -0.39 is 11.9 Å². The number of hydrogen-bond donors (Lipinski definition) is 3. The fourth-order valence-electron chi connectivity index (χ4n) is 7.56. The molecule has 2 atom stereocenters. The number of carbonyl (C=O) groups excluding carboxylic acids is 4. The first-order valence-corrected chi connectivity index (χ1v) is 20.6. The minimum absolute atomic E-state index is 0.0648. The Morgan fingerprint density at radius 1 is 0.965 bits per heavy atom. The number of piperidine rings is 1. The maximum Gasteiger partial charge on any atom is 0.255 e. The van der Waals surface area contributed by atoms with Crippen molar-refractivity contribution in [3.8, 4) is 33.4 Å². The van der Waals surface area contributed by atoms with Gasteiger partial charge in [0.2, 0.25) is 17.7 Å². The first-order valence-electron chi connectivity index (χ1n) is 19.0. The van der Waals surface area contributed by atoms with Crippen LogP contribution in [0.25, 0.3) is 20.5 Å². The van der Waals surface area contributed by atoms with Crippen molar-refractivity contribution in [3.05, 3.63) is 106 Å². The highest BCUT2D eigenvalue weighted by molar-refractivity contribution is 9.10. The van der Waals surface area contributed by atoms with Gasteiger partial charge in [-0.3, -0.25) is 34.3 Å². The molecule has 0 saturated carbocycles. The molecule has 1 unspecified atom stereocenters. The highest BCUT2D eigenvalue weighted by atomic mass is 79.9. The summed E-state index contributed by atoms with van der Waals surface area (Å²) in [6, 6.07) is 26.1. The quantitative estimate of drug-likeness (QED) is 0.124. The van der Waals surface area contributed by atoms with Gasteiger partial charge in [-0.1, -0.05) is 40.2 Å². The zero-order chi connectivity index (χ0) is 39.6. The largest absolute Gasteiger partial charge is 0.508 e. The number of thiophene rings is 1. The van der Waals surface area contributed by atoms with Gasteiger partial charge in [0.15, 0.2) is 5.75 Å². The van der Waals surface area contributed by atoms with Gasteiger partial charge in [0.25, 0.3) is 5.91 Å². The van der Waals surface area contributed by atoms with Gasteiger partial charge >= 0.3 is 0 Å². The Morgan fingerprint density at radius 3 is 2.47 bits per heavy atom. The van der Waals surface area contributed by atoms with E-state index in [0.29, 0.717) is 44.0 Å². The molecule has 4 heterocycles. The van der Waals surface area contributed by atoms with Crippen LogP contribution in [0, 0.1) is 0 Å². The lowest BCUT2D eigenvalue weighted by Gasteiger charge is -2.37. The van der Waals surface area contributed by atoms with Crippen LogP contribution in [0.3, 0.4) is 0 Å². The lowest BCUT2D eigenvalue weighted by molar-refractivity contribution is -0.137. The van der Waals surface area contributed by atoms with Gasteiger partial charge in [-0.2, -0.15) is 0 Å². The number of nitrogens with zero attached hydrogens (tertiary/aromatic N) is 3. The van der Waals surface area contributed by atoms with Gasteiger partial charge in [0, 0.05) is 71.9 Å². The van der Waals surface area contributed by atoms with Crippen LogP contribution in [0.15, 0.2) is 89.4 Å². The van der Waals surface area contributed by atoms with Crippen LogP contribution in [-0.4, -0.2) is 94.8 Å². The maximum atomic E-state index is 13.0. The van der Waals surface area contributed by atoms with Crippen molar-refractivity contribution in [2.75, 3.05) is 39.3 Å². The molecule has 3 aliphatic heterocycles. The molecule has 4 amide bonds. The van der Waals surface area contributed by atoms with E-state index in [-0.39, 0.29) is 35.9 Å². The number of rotatable bonds is 12. The van der Waals surface area contributed by atoms with Gasteiger partial charge in [-0.15, -0.1) is 11.3 Å². The SMILES string of the molecule is C[C@H](COc1ccc(Oc2c(-c3ccc(Br)cc3)sc3cc(O)ccc23)cc1)N1CCN(CC(=O)NCc2ccc3c(c2)CN(C2CCC(=O)NC2=O)C3=O)CC1. The average Bonchev–Trinajstić information content (AvgIpc) is 3.72. The molecule has 2 fully saturated rings. The Balaban J connectivity index is 0.780. The predicted octanol–water partition coefficient (Wildman–Crippen LogP) is 6.29. The molecule has 0 bridgehead atoms. The molecular formula is C43H42BrN5O7S. The van der Waals surface area contributed by atoms with Gasteiger partial charge in [0.05, 0.1) is 11.4 Å². The van der Waals surface area contributed by atoms with E-state index in [0.717, 1.165) is 73.8 Å². The van der Waals surface area contributed by atoms with E-state index in [4.69, 9.17) is 9.47 Å². The predicted molar refractivity (Wildman–Crippen MR) is 220 cm³/mol. The third-order valence-corrected chi connectivity index (χ3v) is 12.5. The van der Waals surface area contributed by atoms with Crippen LogP contribution in [-0.2, 0) is 27.5 Å². The van der Waals surface area contributed by atoms with Crippen molar-refractivity contribution in [1.82, 2.24) is 25.3 Å². The number of carbonyl (C=O) groups is 4. The van der Waals surface area contributed by atoms with Crippen LogP contribution in [0.5, 0.6) is 23.0 Å². The van der Waals surface area contributed by atoms with E-state index in [1.807, 2.05) is 66.7 Å². The van der Waals surface area contributed by atoms with E-state index in [2.05, 4.69) is 43.3 Å². The fraction of sp³-hybridized carbons (Fsp3) is 0.302. The lowest BCUT2D eigenvalue weighted by Crippen LogP contribution is -2.52. The molecule has 57 heavy (non-hydrogen) atoms. The summed E-state index contributed by atoms with van der Waals surface area (Å²) >= 11 is 5.09. The molecule has 8 rings (SSSR count). The number of amides is 4. The molecule has 14 heteroatoms. The van der Waals surface area contributed by atoms with Crippen LogP contribution < -0.4 is 20.1 Å². The van der Waals surface area contributed by atoms with Gasteiger partial charge in [-0.25, -0.2) is 0 Å². The second kappa shape index (κ2) is 16.7. The zero-order valence-corrected chi connectivity index (χ0v) is 33.7. The van der Waals surface area contributed by atoms with Crippen LogP contribution >= 0.6 is 27.3 Å². The summed E-state index contributed by atoms with van der Waals surface area (Å²) in [7, 11) is 0. The molecule has 12 nitrogen and oxygen atoms in total. The van der Waals surface area contributed by atoms with E-state index in [9.17, 15) is 24.3 Å². The summed E-state index contributed by atoms with van der Waals surface area (Å²) < 4.78 is 14.6. The monoisotopic (exact) mass is 851 g/mol. The summed E-state index contributed by atoms with van der Waals surface area (Å²) in [4.78, 5) is 56.9. The van der Waals surface area contributed by atoms with Crippen molar-refractivity contribution in [3.63, 3.8) is 0 Å². The summed E-state index contributed by atoms with van der Waals surface area (Å²) in [5.74, 6) is 1.37. The molecule has 4 aromatic carbocycles. The Bertz CT molecular complexity index is 2330. The smallest absolute Gasteiger partial charge is 0.255 e. The molecule has 1 aromatic heterocycles. The molecule has 0 radical (unpaired) electrons. The molecular weight excluding hydrogens is 810 g/mol. The van der Waals surface area contributed by atoms with Crippen molar-refractivity contribution >= 4 is 61.0 Å². The third-order valence-electron chi connectivity index (χ3n) is 10.7. The molecule has 2 saturated heterocycles. The lowest BCUT2D eigenvalue weighted by atomic mass is 10.0. The highest BCUT2D eigenvalue weighted by Gasteiger charge is 2.39. The van der Waals surface area contributed by atoms with E-state index in [1.165, 1.54) is 4.90 Å². The number of piperazine rings is 1. The number of benzene rings is 4. The normalized spacial score (nSPS) is 18.0. The minimum Gasteiger partial charge on any atom is -0.508 e. The topological polar surface area (TPSA) is 141 Å². The third kappa shape index (κ3) is 8.69. The summed E-state index contributed by atoms with van der Waals surface area (Å²) in [6.45, 7) is 6.77. The Hall–Kier alpha value is -5.28. The molecule has 294 valence electrons. The van der Waals surface area contributed by atoms with Crippen molar-refractivity contribution in [1.29, 1.82) is 0 Å². The molecule has 3 N–H and O–H groups in total. The van der Waals surface area contributed by atoms with E-state index >= 15 is 0 Å². The molecule has 3 aliphatic rings. The number of fused-ring (bicyclic) bond motifs is 2. The first-order chi connectivity index (χ1) is 27.6. The van der Waals surface area contributed by atoms with Crippen molar-refractivity contribution in [2.45, 2.75) is 44.9 Å². The number of aromatic hydroxyl groups is 1. The maximum absolute atomic E-state index is 13.0. The second-order valence-corrected chi connectivity index (χ2v) is 16.6. The van der Waals surface area contributed by atoms with Crippen LogP contribution in [0.4, 0.5) is 0 Å². The number of nitrogens with one attached hydrogen (secondary N) is 2. The average molecular weight is 853 g/mol. The number of imide groups is 1. The highest BCUT2D eigenvalue weighted by Crippen LogP contribution is 2.47. The number of phenols is 1. The number of halogens is 1. The summed E-state index contributed by atoms with van der Waals surface area (Å²) in [5, 5.41) is 16.4. The van der Waals surface area contributed by atoms with Crippen LogP contribution in [0.2, 0.25) is 0 Å². The second-order valence-electron chi connectivity index (χ2n) is 14.7. The Labute approximate surface area is 342 Å².